The van der Waals surface area contributed by atoms with Crippen LogP contribution in [0.15, 0.2) is 74.9 Å². The van der Waals surface area contributed by atoms with E-state index in [0.29, 0.717) is 28.5 Å². The number of halogens is 3. The molecule has 0 saturated carbocycles. The Kier molecular flexibility index (Phi) is 6.64. The van der Waals surface area contributed by atoms with Crippen molar-refractivity contribution in [3.63, 3.8) is 0 Å². The fourth-order valence-electron chi connectivity index (χ4n) is 3.05. The van der Waals surface area contributed by atoms with Crippen LogP contribution in [0.4, 0.5) is 18.9 Å². The van der Waals surface area contributed by atoms with Crippen molar-refractivity contribution in [1.82, 2.24) is 9.56 Å². The predicted molar refractivity (Wildman–Crippen MR) is 120 cm³/mol. The molecule has 11 heteroatoms. The largest absolute Gasteiger partial charge is 0.484 e. The summed E-state index contributed by atoms with van der Waals surface area (Å²) in [5.41, 5.74) is 0.428. The normalized spacial score (nSPS) is 11.5. The fourth-order valence-corrected chi connectivity index (χ4v) is 3.84. The zero-order chi connectivity index (χ0) is 24.3. The molecule has 2 aromatic carbocycles. The van der Waals surface area contributed by atoms with Crippen LogP contribution in [0, 0.1) is 6.92 Å². The van der Waals surface area contributed by atoms with Gasteiger partial charge >= 0.3 is 6.18 Å². The monoisotopic (exact) mass is 489 g/mol. The van der Waals surface area contributed by atoms with Gasteiger partial charge in [0.05, 0.1) is 11.3 Å². The molecule has 0 aliphatic heterocycles. The summed E-state index contributed by atoms with van der Waals surface area (Å²) >= 11 is 1.47. The molecule has 176 valence electrons. The molecular formula is C23H18F3N3O4S. The van der Waals surface area contributed by atoms with E-state index in [1.807, 2.05) is 0 Å². The highest BCUT2D eigenvalue weighted by Gasteiger charge is 2.30. The molecular weight excluding hydrogens is 471 g/mol. The maximum Gasteiger partial charge on any atom is 0.416 e. The lowest BCUT2D eigenvalue weighted by Gasteiger charge is -2.10. The second-order valence-corrected chi connectivity index (χ2v) is 8.31. The van der Waals surface area contributed by atoms with Crippen LogP contribution in [0.3, 0.4) is 0 Å². The number of nitrogens with one attached hydrogen (secondary N) is 1. The molecule has 0 radical (unpaired) electrons. The Morgan fingerprint density at radius 1 is 1.15 bits per heavy atom. The minimum atomic E-state index is -4.49. The van der Waals surface area contributed by atoms with Crippen LogP contribution < -0.4 is 15.6 Å². The van der Waals surface area contributed by atoms with Gasteiger partial charge in [-0.2, -0.15) is 13.2 Å². The Hall–Kier alpha value is -3.73. The first-order chi connectivity index (χ1) is 16.2. The third-order valence-electron chi connectivity index (χ3n) is 4.58. The lowest BCUT2D eigenvalue weighted by molar-refractivity contribution is -0.137. The van der Waals surface area contributed by atoms with Gasteiger partial charge in [-0.1, -0.05) is 6.07 Å². The molecule has 0 bridgehead atoms. The van der Waals surface area contributed by atoms with E-state index in [4.69, 9.17) is 9.26 Å². The van der Waals surface area contributed by atoms with Crippen LogP contribution in [0.1, 0.15) is 17.0 Å². The third-order valence-corrected chi connectivity index (χ3v) is 5.63. The number of thioether (sulfide) groups is 1. The number of amides is 1. The van der Waals surface area contributed by atoms with E-state index in [0.717, 1.165) is 21.6 Å². The summed E-state index contributed by atoms with van der Waals surface area (Å²) in [5.74, 6) is 0.499. The van der Waals surface area contributed by atoms with Gasteiger partial charge in [-0.15, -0.1) is 16.3 Å². The molecule has 1 N–H and O–H groups in total. The SMILES string of the molecule is Cc1cc2nc(CSc3ccc(NC(=O)COc4cccc(C(F)(F)F)c4)cc3)cc(=O)n2o1. The lowest BCUT2D eigenvalue weighted by atomic mass is 10.2. The number of carbonyl (C=O) groups is 1. The molecule has 4 aromatic rings. The minimum Gasteiger partial charge on any atom is -0.484 e. The van der Waals surface area contributed by atoms with E-state index in [1.54, 1.807) is 37.3 Å². The maximum absolute atomic E-state index is 12.8. The van der Waals surface area contributed by atoms with Gasteiger partial charge < -0.3 is 14.6 Å². The molecule has 0 spiro atoms. The van der Waals surface area contributed by atoms with Crippen LogP contribution in [0.5, 0.6) is 5.75 Å². The number of hydrogen-bond acceptors (Lipinski definition) is 6. The third kappa shape index (κ3) is 5.79. The Labute approximate surface area is 195 Å². The van der Waals surface area contributed by atoms with Crippen molar-refractivity contribution < 1.29 is 27.2 Å². The number of fused-ring (bicyclic) bond motifs is 1. The number of benzene rings is 2. The van der Waals surface area contributed by atoms with Crippen molar-refractivity contribution in [3.05, 3.63) is 88.0 Å². The predicted octanol–water partition coefficient (Wildman–Crippen LogP) is 4.92. The molecule has 0 atom stereocenters. The van der Waals surface area contributed by atoms with E-state index in [1.165, 1.54) is 30.0 Å². The smallest absolute Gasteiger partial charge is 0.416 e. The Morgan fingerprint density at radius 3 is 2.65 bits per heavy atom. The van der Waals surface area contributed by atoms with Crippen LogP contribution in [0.2, 0.25) is 0 Å². The summed E-state index contributed by atoms with van der Waals surface area (Å²) < 4.78 is 49.9. The Balaban J connectivity index is 1.30. The van der Waals surface area contributed by atoms with E-state index in [-0.39, 0.29) is 11.3 Å². The molecule has 34 heavy (non-hydrogen) atoms. The molecule has 2 aromatic heterocycles. The molecule has 7 nitrogen and oxygen atoms in total. The maximum atomic E-state index is 12.8. The summed E-state index contributed by atoms with van der Waals surface area (Å²) in [4.78, 5) is 29.5. The van der Waals surface area contributed by atoms with Gasteiger partial charge in [-0.05, 0) is 49.4 Å². The molecule has 0 aliphatic rings. The topological polar surface area (TPSA) is 85.8 Å². The number of alkyl halides is 3. The zero-order valence-electron chi connectivity index (χ0n) is 17.8. The zero-order valence-corrected chi connectivity index (χ0v) is 18.6. The lowest BCUT2D eigenvalue weighted by Crippen LogP contribution is -2.20. The van der Waals surface area contributed by atoms with Gasteiger partial charge in [0.15, 0.2) is 12.3 Å². The number of hydrogen-bond donors (Lipinski definition) is 1. The van der Waals surface area contributed by atoms with Gasteiger partial charge in [0.25, 0.3) is 11.5 Å². The van der Waals surface area contributed by atoms with Crippen molar-refractivity contribution in [2.75, 3.05) is 11.9 Å². The Bertz CT molecular complexity index is 1380. The Morgan fingerprint density at radius 2 is 1.91 bits per heavy atom. The van der Waals surface area contributed by atoms with E-state index in [2.05, 4.69) is 10.3 Å². The molecule has 4 rings (SSSR count). The van der Waals surface area contributed by atoms with Crippen molar-refractivity contribution >= 4 is 29.0 Å². The highest BCUT2D eigenvalue weighted by atomic mass is 32.2. The van der Waals surface area contributed by atoms with Crippen LogP contribution in [-0.2, 0) is 16.7 Å². The highest BCUT2D eigenvalue weighted by molar-refractivity contribution is 7.98. The summed E-state index contributed by atoms with van der Waals surface area (Å²) in [6, 6.07) is 14.4. The first-order valence-electron chi connectivity index (χ1n) is 10.00. The number of rotatable bonds is 7. The molecule has 0 unspecified atom stereocenters. The quantitative estimate of drug-likeness (QED) is 0.371. The van der Waals surface area contributed by atoms with E-state index in [9.17, 15) is 22.8 Å². The molecule has 0 aliphatic carbocycles. The van der Waals surface area contributed by atoms with Gasteiger partial charge in [-0.3, -0.25) is 9.59 Å². The summed E-state index contributed by atoms with van der Waals surface area (Å²) in [7, 11) is 0. The van der Waals surface area contributed by atoms with Crippen molar-refractivity contribution in [2.45, 2.75) is 23.7 Å². The highest BCUT2D eigenvalue weighted by Crippen LogP contribution is 2.31. The van der Waals surface area contributed by atoms with E-state index < -0.39 is 24.3 Å². The fraction of sp³-hybridized carbons (Fsp3) is 0.174. The van der Waals surface area contributed by atoms with Gasteiger partial charge in [0.1, 0.15) is 11.5 Å². The molecule has 0 fully saturated rings. The number of carbonyl (C=O) groups excluding carboxylic acids is 1. The number of aromatic nitrogens is 2. The number of anilines is 1. The van der Waals surface area contributed by atoms with Crippen molar-refractivity contribution in [1.29, 1.82) is 0 Å². The van der Waals surface area contributed by atoms with Crippen LogP contribution >= 0.6 is 11.8 Å². The van der Waals surface area contributed by atoms with Gasteiger partial charge in [0.2, 0.25) is 0 Å². The first kappa shape index (κ1) is 23.4. The summed E-state index contributed by atoms with van der Waals surface area (Å²) in [6.45, 7) is 1.30. The second-order valence-electron chi connectivity index (χ2n) is 7.26. The number of aryl methyl sites for hydroxylation is 1. The minimum absolute atomic E-state index is 0.0475. The number of nitrogens with zero attached hydrogens (tertiary/aromatic N) is 2. The van der Waals surface area contributed by atoms with Gasteiger partial charge in [0, 0.05) is 28.5 Å². The molecule has 2 heterocycles. The van der Waals surface area contributed by atoms with Crippen molar-refractivity contribution in [3.8, 4) is 5.75 Å². The number of ether oxygens (including phenoxy) is 1. The average Bonchev–Trinajstić information content (AvgIpc) is 3.18. The average molecular weight is 489 g/mol. The molecule has 0 saturated heterocycles. The standard InChI is InChI=1S/C23H18F3N3O4S/c1-14-9-20-27-17(11-22(31)29(20)33-14)13-34-19-7-5-16(6-8-19)28-21(30)12-32-18-4-2-3-15(10-18)23(24,25)26/h2-11H,12-13H2,1H3,(H,28,30). The van der Waals surface area contributed by atoms with E-state index >= 15 is 0 Å². The molecule has 1 amide bonds. The summed E-state index contributed by atoms with van der Waals surface area (Å²) in [5, 5.41) is 2.63. The van der Waals surface area contributed by atoms with Crippen molar-refractivity contribution in [2.24, 2.45) is 0 Å². The van der Waals surface area contributed by atoms with Crippen LogP contribution in [-0.4, -0.2) is 22.1 Å². The first-order valence-corrected chi connectivity index (χ1v) is 11.0. The second kappa shape index (κ2) is 9.64. The van der Waals surface area contributed by atoms with Gasteiger partial charge in [-0.25, -0.2) is 4.98 Å². The van der Waals surface area contributed by atoms with Crippen LogP contribution in [0.25, 0.3) is 5.65 Å². The summed E-state index contributed by atoms with van der Waals surface area (Å²) in [6.07, 6.45) is -4.49.